The first-order valence-electron chi connectivity index (χ1n) is 10.3. The molecule has 0 radical (unpaired) electrons. The van der Waals surface area contributed by atoms with Gasteiger partial charge in [0.05, 0.1) is 22.8 Å². The molecule has 0 saturated carbocycles. The fourth-order valence-corrected chi connectivity index (χ4v) is 4.09. The van der Waals surface area contributed by atoms with Gasteiger partial charge in [-0.2, -0.15) is 0 Å². The van der Waals surface area contributed by atoms with Crippen molar-refractivity contribution in [3.8, 4) is 28.4 Å². The van der Waals surface area contributed by atoms with Gasteiger partial charge >= 0.3 is 12.1 Å². The van der Waals surface area contributed by atoms with E-state index in [1.807, 2.05) is 13.8 Å². The van der Waals surface area contributed by atoms with E-state index in [1.165, 1.54) is 22.8 Å². The molecule has 0 fully saturated rings. The van der Waals surface area contributed by atoms with Crippen molar-refractivity contribution in [3.05, 3.63) is 99.0 Å². The second kappa shape index (κ2) is 9.24. The van der Waals surface area contributed by atoms with Crippen LogP contribution in [0, 0.1) is 0 Å². The number of aromatic nitrogens is 2. The molecule has 0 spiro atoms. The lowest BCUT2D eigenvalue weighted by atomic mass is 10.0. The number of rotatable bonds is 5. The summed E-state index contributed by atoms with van der Waals surface area (Å²) < 4.78 is 45.8. The molecule has 0 aliphatic rings. The third-order valence-corrected chi connectivity index (χ3v) is 5.65. The summed E-state index contributed by atoms with van der Waals surface area (Å²) in [5, 5.41) is 0.998. The van der Waals surface area contributed by atoms with E-state index < -0.39 is 6.36 Å². The highest BCUT2D eigenvalue weighted by molar-refractivity contribution is 6.30. The van der Waals surface area contributed by atoms with Crippen molar-refractivity contribution in [2.75, 3.05) is 0 Å². The van der Waals surface area contributed by atoms with E-state index in [1.54, 1.807) is 59.2 Å². The SMILES string of the molecule is CC(C)c1c(-c2cccc(OC(F)(F)F)c2)n(-c2ccc(Cl)cc2)c(=O)n1-c1ccc(Cl)cc1. The molecule has 0 aliphatic carbocycles. The highest BCUT2D eigenvalue weighted by Crippen LogP contribution is 2.35. The number of nitrogens with zero attached hydrogens (tertiary/aromatic N) is 2. The van der Waals surface area contributed by atoms with Crippen LogP contribution in [0.2, 0.25) is 10.0 Å². The molecule has 4 rings (SSSR count). The Morgan fingerprint density at radius 3 is 1.85 bits per heavy atom. The van der Waals surface area contributed by atoms with Gasteiger partial charge in [0.25, 0.3) is 0 Å². The number of alkyl halides is 3. The molecule has 0 atom stereocenters. The first-order chi connectivity index (χ1) is 16.0. The molecule has 0 bridgehead atoms. The number of benzene rings is 3. The lowest BCUT2D eigenvalue weighted by Crippen LogP contribution is -2.23. The largest absolute Gasteiger partial charge is 0.573 e. The van der Waals surface area contributed by atoms with Crippen molar-refractivity contribution in [3.63, 3.8) is 0 Å². The van der Waals surface area contributed by atoms with Gasteiger partial charge in [0, 0.05) is 15.6 Å². The van der Waals surface area contributed by atoms with Gasteiger partial charge in [-0.1, -0.05) is 49.2 Å². The number of imidazole rings is 1. The average molecular weight is 507 g/mol. The predicted octanol–water partition coefficient (Wildman–Crippen LogP) is 7.62. The van der Waals surface area contributed by atoms with Crippen LogP contribution < -0.4 is 10.4 Å². The summed E-state index contributed by atoms with van der Waals surface area (Å²) in [5.41, 5.74) is 2.17. The van der Waals surface area contributed by atoms with Crippen molar-refractivity contribution in [2.24, 2.45) is 0 Å². The summed E-state index contributed by atoms with van der Waals surface area (Å²) in [6.45, 7) is 3.82. The molecule has 0 N–H and O–H groups in total. The molecule has 0 amide bonds. The van der Waals surface area contributed by atoms with E-state index in [0.717, 1.165) is 0 Å². The third-order valence-electron chi connectivity index (χ3n) is 5.15. The van der Waals surface area contributed by atoms with E-state index in [2.05, 4.69) is 4.74 Å². The Kier molecular flexibility index (Phi) is 6.51. The van der Waals surface area contributed by atoms with Gasteiger partial charge in [0.2, 0.25) is 0 Å². The standard InChI is InChI=1S/C25H19Cl2F3N2O2/c1-15(2)22-23(16-4-3-5-21(14-16)34-25(28,29)30)32(20-12-8-18(27)9-13-20)24(33)31(22)19-10-6-17(26)7-11-19/h3-15H,1-2H3. The molecule has 4 aromatic rings. The molecule has 1 aromatic heterocycles. The van der Waals surface area contributed by atoms with E-state index in [4.69, 9.17) is 23.2 Å². The molecule has 0 aliphatic heterocycles. The highest BCUT2D eigenvalue weighted by Gasteiger charge is 2.32. The summed E-state index contributed by atoms with van der Waals surface area (Å²) >= 11 is 12.1. The van der Waals surface area contributed by atoms with Crippen LogP contribution in [0.4, 0.5) is 13.2 Å². The zero-order valence-corrected chi connectivity index (χ0v) is 19.6. The van der Waals surface area contributed by atoms with Crippen molar-refractivity contribution in [2.45, 2.75) is 26.1 Å². The van der Waals surface area contributed by atoms with Crippen LogP contribution in [-0.2, 0) is 0 Å². The maximum atomic E-state index is 13.8. The van der Waals surface area contributed by atoms with Crippen LogP contribution in [0.1, 0.15) is 25.5 Å². The van der Waals surface area contributed by atoms with Gasteiger partial charge in [0.15, 0.2) is 0 Å². The quantitative estimate of drug-likeness (QED) is 0.279. The Labute approximate surface area is 203 Å². The number of hydrogen-bond donors (Lipinski definition) is 0. The van der Waals surface area contributed by atoms with Crippen molar-refractivity contribution < 1.29 is 17.9 Å². The summed E-state index contributed by atoms with van der Waals surface area (Å²) in [4.78, 5) is 13.8. The number of hydrogen-bond acceptors (Lipinski definition) is 2. The molecule has 9 heteroatoms. The van der Waals surface area contributed by atoms with Crippen LogP contribution in [0.3, 0.4) is 0 Å². The number of halogens is 5. The minimum atomic E-state index is -4.84. The Hall–Kier alpha value is -3.16. The Morgan fingerprint density at radius 1 is 0.824 bits per heavy atom. The molecular weight excluding hydrogens is 488 g/mol. The molecular formula is C25H19Cl2F3N2O2. The molecule has 1 heterocycles. The summed E-state index contributed by atoms with van der Waals surface area (Å²) in [7, 11) is 0. The van der Waals surface area contributed by atoms with Crippen molar-refractivity contribution in [1.82, 2.24) is 9.13 Å². The zero-order chi connectivity index (χ0) is 24.6. The van der Waals surface area contributed by atoms with Gasteiger partial charge in [0.1, 0.15) is 5.75 Å². The van der Waals surface area contributed by atoms with E-state index in [9.17, 15) is 18.0 Å². The lowest BCUT2D eigenvalue weighted by Gasteiger charge is -2.15. The van der Waals surface area contributed by atoms with Gasteiger partial charge in [-0.3, -0.25) is 9.13 Å². The fourth-order valence-electron chi connectivity index (χ4n) is 3.84. The van der Waals surface area contributed by atoms with Gasteiger partial charge in [-0.15, -0.1) is 13.2 Å². The second-order valence-electron chi connectivity index (χ2n) is 7.87. The van der Waals surface area contributed by atoms with Gasteiger partial charge in [-0.05, 0) is 66.6 Å². The average Bonchev–Trinajstić information content (AvgIpc) is 3.07. The fraction of sp³-hybridized carbons (Fsp3) is 0.160. The molecule has 34 heavy (non-hydrogen) atoms. The molecule has 0 saturated heterocycles. The van der Waals surface area contributed by atoms with E-state index >= 15 is 0 Å². The highest BCUT2D eigenvalue weighted by atomic mass is 35.5. The Bertz CT molecular complexity index is 1370. The summed E-state index contributed by atoms with van der Waals surface area (Å²) in [6, 6.07) is 19.0. The first kappa shape index (κ1) is 24.0. The molecule has 0 unspecified atom stereocenters. The third kappa shape index (κ3) is 4.86. The maximum Gasteiger partial charge on any atom is 0.573 e. The maximum absolute atomic E-state index is 13.8. The lowest BCUT2D eigenvalue weighted by molar-refractivity contribution is -0.274. The normalized spacial score (nSPS) is 11.8. The van der Waals surface area contributed by atoms with E-state index in [0.29, 0.717) is 38.4 Å². The minimum absolute atomic E-state index is 0.167. The topological polar surface area (TPSA) is 36.2 Å². The predicted molar refractivity (Wildman–Crippen MR) is 128 cm³/mol. The smallest absolute Gasteiger partial charge is 0.406 e. The van der Waals surface area contributed by atoms with Crippen molar-refractivity contribution >= 4 is 23.2 Å². The van der Waals surface area contributed by atoms with Crippen LogP contribution in [-0.4, -0.2) is 15.5 Å². The molecule has 4 nitrogen and oxygen atoms in total. The van der Waals surface area contributed by atoms with Crippen LogP contribution in [0.25, 0.3) is 22.6 Å². The minimum Gasteiger partial charge on any atom is -0.406 e. The monoisotopic (exact) mass is 506 g/mol. The van der Waals surface area contributed by atoms with Crippen LogP contribution in [0.5, 0.6) is 5.75 Å². The van der Waals surface area contributed by atoms with Crippen LogP contribution >= 0.6 is 23.2 Å². The Morgan fingerprint density at radius 2 is 1.35 bits per heavy atom. The van der Waals surface area contributed by atoms with Gasteiger partial charge in [-0.25, -0.2) is 4.79 Å². The van der Waals surface area contributed by atoms with E-state index in [-0.39, 0.29) is 17.4 Å². The zero-order valence-electron chi connectivity index (χ0n) is 18.1. The summed E-state index contributed by atoms with van der Waals surface area (Å²) in [6.07, 6.45) is -4.84. The second-order valence-corrected chi connectivity index (χ2v) is 8.74. The summed E-state index contributed by atoms with van der Waals surface area (Å²) in [5.74, 6) is -0.548. The van der Waals surface area contributed by atoms with Gasteiger partial charge < -0.3 is 4.74 Å². The molecule has 176 valence electrons. The Balaban J connectivity index is 2.06. The number of ether oxygens (including phenoxy) is 1. The first-order valence-corrected chi connectivity index (χ1v) is 11.1. The van der Waals surface area contributed by atoms with Crippen molar-refractivity contribution in [1.29, 1.82) is 0 Å². The van der Waals surface area contributed by atoms with Crippen LogP contribution in [0.15, 0.2) is 77.6 Å². The molecule has 3 aromatic carbocycles.